The van der Waals surface area contributed by atoms with Gasteiger partial charge < -0.3 is 9.90 Å². The quantitative estimate of drug-likeness (QED) is 0.302. The third-order valence-electron chi connectivity index (χ3n) is 1.99. The molecule has 0 heterocycles. The maximum Gasteiger partial charge on any atom is 1.00 e. The van der Waals surface area contributed by atoms with Gasteiger partial charge in [-0.3, -0.25) is 0 Å². The van der Waals surface area contributed by atoms with E-state index in [1.54, 1.807) is 0 Å². The van der Waals surface area contributed by atoms with E-state index in [9.17, 15) is 9.90 Å². The van der Waals surface area contributed by atoms with Crippen molar-refractivity contribution in [2.75, 3.05) is 0 Å². The van der Waals surface area contributed by atoms with Gasteiger partial charge >= 0.3 is 51.4 Å². The molecule has 0 aromatic heterocycles. The first-order valence-corrected chi connectivity index (χ1v) is 5.08. The fourth-order valence-electron chi connectivity index (χ4n) is 1.23. The van der Waals surface area contributed by atoms with E-state index in [1.165, 1.54) is 12.8 Å². The molecule has 0 amide bonds. The van der Waals surface area contributed by atoms with E-state index in [2.05, 4.69) is 12.2 Å². The van der Waals surface area contributed by atoms with E-state index in [0.29, 0.717) is 0 Å². The number of allylic oxidation sites excluding steroid dienone is 2. The van der Waals surface area contributed by atoms with Crippen molar-refractivity contribution in [2.45, 2.75) is 51.9 Å². The second kappa shape index (κ2) is 13.8. The van der Waals surface area contributed by atoms with Gasteiger partial charge in [-0.05, 0) is 32.6 Å². The van der Waals surface area contributed by atoms with Gasteiger partial charge in [-0.15, -0.1) is 0 Å². The van der Waals surface area contributed by atoms with Crippen molar-refractivity contribution < 1.29 is 61.3 Å². The summed E-state index contributed by atoms with van der Waals surface area (Å²) in [5, 5.41) is 10.1. The maximum atomic E-state index is 10.1. The fraction of sp³-hybridized carbons (Fsp3) is 0.727. The summed E-state index contributed by atoms with van der Waals surface area (Å²) in [7, 11) is 0. The Bertz CT molecular complexity index is 155. The molecule has 0 saturated carbocycles. The van der Waals surface area contributed by atoms with Crippen LogP contribution in [0.15, 0.2) is 12.2 Å². The minimum Gasteiger partial charge on any atom is -0.550 e. The summed E-state index contributed by atoms with van der Waals surface area (Å²) in [5.41, 5.74) is 0. The van der Waals surface area contributed by atoms with Crippen molar-refractivity contribution in [1.29, 1.82) is 0 Å². The van der Waals surface area contributed by atoms with Crippen LogP contribution < -0.4 is 56.5 Å². The van der Waals surface area contributed by atoms with Crippen LogP contribution in [-0.4, -0.2) is 5.97 Å². The summed E-state index contributed by atoms with van der Waals surface area (Å²) in [6.45, 7) is 2.03. The van der Waals surface area contributed by atoms with Gasteiger partial charge in [-0.1, -0.05) is 31.4 Å². The average Bonchev–Trinajstić information content (AvgIpc) is 2.09. The van der Waals surface area contributed by atoms with Crippen molar-refractivity contribution in [3.63, 3.8) is 0 Å². The number of aliphatic carboxylic acids is 1. The molecule has 2 nitrogen and oxygen atoms in total. The average molecular weight is 222 g/mol. The zero-order chi connectivity index (χ0) is 9.94. The Morgan fingerprint density at radius 2 is 1.71 bits per heavy atom. The predicted molar refractivity (Wildman–Crippen MR) is 52.1 cm³/mol. The van der Waals surface area contributed by atoms with Crippen LogP contribution in [0.3, 0.4) is 0 Å². The number of hydrogen-bond acceptors (Lipinski definition) is 2. The number of carboxylic acids is 1. The summed E-state index contributed by atoms with van der Waals surface area (Å²) in [4.78, 5) is 10.1. The van der Waals surface area contributed by atoms with Gasteiger partial charge in [0.25, 0.3) is 0 Å². The van der Waals surface area contributed by atoms with Gasteiger partial charge in [0.2, 0.25) is 0 Å². The summed E-state index contributed by atoms with van der Waals surface area (Å²) in [6.07, 6.45) is 11.0. The van der Waals surface area contributed by atoms with E-state index in [0.717, 1.165) is 25.7 Å². The topological polar surface area (TPSA) is 40.1 Å². The molecule has 0 rings (SSSR count). The van der Waals surface area contributed by atoms with E-state index in [4.69, 9.17) is 0 Å². The van der Waals surface area contributed by atoms with Crippen molar-refractivity contribution >= 4 is 5.97 Å². The van der Waals surface area contributed by atoms with Crippen LogP contribution in [0.4, 0.5) is 0 Å². The zero-order valence-electron chi connectivity index (χ0n) is 9.42. The van der Waals surface area contributed by atoms with Crippen LogP contribution in [0.1, 0.15) is 51.9 Å². The van der Waals surface area contributed by atoms with Gasteiger partial charge in [0.1, 0.15) is 0 Å². The molecule has 0 aromatic rings. The van der Waals surface area contributed by atoms with E-state index < -0.39 is 5.97 Å². The Morgan fingerprint density at radius 1 is 1.14 bits per heavy atom. The van der Waals surface area contributed by atoms with Crippen molar-refractivity contribution in [3.8, 4) is 0 Å². The molecule has 0 atom stereocenters. The number of carboxylic acid groups (broad SMARTS) is 1. The van der Waals surface area contributed by atoms with Crippen LogP contribution in [0.2, 0.25) is 0 Å². The van der Waals surface area contributed by atoms with Crippen LogP contribution in [-0.2, 0) is 4.79 Å². The fourth-order valence-corrected chi connectivity index (χ4v) is 1.23. The number of unbranched alkanes of at least 4 members (excludes halogenated alkanes) is 5. The van der Waals surface area contributed by atoms with E-state index >= 15 is 0 Å². The van der Waals surface area contributed by atoms with Gasteiger partial charge in [-0.2, -0.15) is 0 Å². The summed E-state index contributed by atoms with van der Waals surface area (Å²) >= 11 is 0. The van der Waals surface area contributed by atoms with Gasteiger partial charge in [0, 0.05) is 5.97 Å². The number of carbonyl (C=O) groups excluding carboxylic acids is 1. The molecule has 0 unspecified atom stereocenters. The molecular formula is C11H19KO2. The standard InChI is InChI=1S/C11H20O2.K/c1-2-3-4-5-6-7-8-9-10-11(12)13;/h2-3H,4-10H2,1H3,(H,12,13);/q;+1/p-1. The SMILES string of the molecule is CC=CCCCCCCCC(=O)[O-].[K+]. The molecule has 0 aliphatic carbocycles. The molecule has 0 radical (unpaired) electrons. The third kappa shape index (κ3) is 15.3. The smallest absolute Gasteiger partial charge is 0.550 e. The monoisotopic (exact) mass is 222 g/mol. The van der Waals surface area contributed by atoms with Crippen LogP contribution in [0, 0.1) is 0 Å². The maximum absolute atomic E-state index is 10.1. The summed E-state index contributed by atoms with van der Waals surface area (Å²) in [5.74, 6) is -0.922. The molecule has 0 aromatic carbocycles. The number of rotatable bonds is 8. The van der Waals surface area contributed by atoms with Crippen molar-refractivity contribution in [1.82, 2.24) is 0 Å². The number of carbonyl (C=O) groups is 1. The molecular weight excluding hydrogens is 203 g/mol. The second-order valence-electron chi connectivity index (χ2n) is 3.25. The molecule has 0 fully saturated rings. The van der Waals surface area contributed by atoms with E-state index in [-0.39, 0.29) is 57.8 Å². The molecule has 14 heavy (non-hydrogen) atoms. The summed E-state index contributed by atoms with van der Waals surface area (Å²) in [6, 6.07) is 0. The normalized spacial score (nSPS) is 10.1. The Kier molecular flexibility index (Phi) is 17.1. The third-order valence-corrected chi connectivity index (χ3v) is 1.99. The molecule has 0 spiro atoms. The molecule has 0 saturated heterocycles. The minimum atomic E-state index is -0.922. The Labute approximate surface area is 130 Å². The largest absolute Gasteiger partial charge is 1.00 e. The minimum absolute atomic E-state index is 0. The van der Waals surface area contributed by atoms with Crippen LogP contribution in [0.5, 0.6) is 0 Å². The van der Waals surface area contributed by atoms with Gasteiger partial charge in [-0.25, -0.2) is 0 Å². The van der Waals surface area contributed by atoms with Gasteiger partial charge in [0.15, 0.2) is 0 Å². The summed E-state index contributed by atoms with van der Waals surface area (Å²) < 4.78 is 0. The number of hydrogen-bond donors (Lipinski definition) is 0. The molecule has 0 aliphatic heterocycles. The first-order valence-electron chi connectivity index (χ1n) is 5.08. The second-order valence-corrected chi connectivity index (χ2v) is 3.25. The van der Waals surface area contributed by atoms with Crippen LogP contribution >= 0.6 is 0 Å². The van der Waals surface area contributed by atoms with E-state index in [1.807, 2.05) is 6.92 Å². The Hall–Kier alpha value is 0.846. The molecule has 0 N–H and O–H groups in total. The van der Waals surface area contributed by atoms with Crippen LogP contribution in [0.25, 0.3) is 0 Å². The zero-order valence-corrected chi connectivity index (χ0v) is 12.5. The Balaban J connectivity index is 0. The first-order chi connectivity index (χ1) is 6.27. The van der Waals surface area contributed by atoms with Crippen molar-refractivity contribution in [2.24, 2.45) is 0 Å². The predicted octanol–water partition coefficient (Wildman–Crippen LogP) is -0.953. The Morgan fingerprint density at radius 3 is 2.29 bits per heavy atom. The van der Waals surface area contributed by atoms with Crippen molar-refractivity contribution in [3.05, 3.63) is 12.2 Å². The molecule has 0 bridgehead atoms. The van der Waals surface area contributed by atoms with Gasteiger partial charge in [0.05, 0.1) is 0 Å². The molecule has 76 valence electrons. The molecule has 0 aliphatic rings. The molecule has 3 heteroatoms. The first kappa shape index (κ1) is 17.2.